The molecule has 0 unspecified atom stereocenters. The third-order valence-corrected chi connectivity index (χ3v) is 8.63. The number of fused-ring (bicyclic) bond motifs is 4. The second-order valence-corrected chi connectivity index (χ2v) is 11.0. The van der Waals surface area contributed by atoms with Crippen molar-refractivity contribution in [3.8, 4) is 16.9 Å². The number of benzene rings is 3. The Balaban J connectivity index is 1.53. The van der Waals surface area contributed by atoms with Crippen LogP contribution >= 0.6 is 0 Å². The van der Waals surface area contributed by atoms with E-state index in [2.05, 4.69) is 0 Å². The van der Waals surface area contributed by atoms with Gasteiger partial charge in [0.15, 0.2) is 11.4 Å². The fraction of sp³-hybridized carbons (Fsp3) is 0.258. The first-order chi connectivity index (χ1) is 19.0. The van der Waals surface area contributed by atoms with Crippen LogP contribution in [0.25, 0.3) is 21.9 Å². The summed E-state index contributed by atoms with van der Waals surface area (Å²) in [6.07, 6.45) is 0.302. The number of aliphatic hydroxyl groups is 3. The average Bonchev–Trinajstić information content (AvgIpc) is 2.90. The molecule has 0 radical (unpaired) electrons. The first-order valence-electron chi connectivity index (χ1n) is 13.0. The minimum Gasteiger partial charge on any atom is -0.510 e. The number of hydrogen-bond donors (Lipinski definition) is 5. The van der Waals surface area contributed by atoms with Crippen LogP contribution in [0.3, 0.4) is 0 Å². The van der Waals surface area contributed by atoms with E-state index in [-0.39, 0.29) is 29.7 Å². The maximum Gasteiger partial charge on any atom is 0.255 e. The summed E-state index contributed by atoms with van der Waals surface area (Å²) >= 11 is 0. The topological polar surface area (TPSA) is 161 Å². The number of nitrogens with zero attached hydrogens (tertiary/aromatic N) is 1. The summed E-state index contributed by atoms with van der Waals surface area (Å²) in [7, 11) is 3.20. The molecule has 0 fully saturated rings. The molecule has 40 heavy (non-hydrogen) atoms. The van der Waals surface area contributed by atoms with Gasteiger partial charge in [-0.3, -0.25) is 19.3 Å². The van der Waals surface area contributed by atoms with Gasteiger partial charge in [-0.25, -0.2) is 0 Å². The number of carbonyl (C=O) groups excluding carboxylic acids is 3. The number of allylic oxidation sites excluding steroid dienone is 1. The molecular formula is C31H28N2O7. The highest BCUT2D eigenvalue weighted by atomic mass is 16.3. The van der Waals surface area contributed by atoms with Gasteiger partial charge < -0.3 is 26.2 Å². The van der Waals surface area contributed by atoms with Crippen LogP contribution < -0.4 is 5.73 Å². The van der Waals surface area contributed by atoms with Gasteiger partial charge in [-0.1, -0.05) is 48.5 Å². The number of aliphatic hydroxyl groups excluding tert-OH is 2. The summed E-state index contributed by atoms with van der Waals surface area (Å²) in [4.78, 5) is 41.0. The molecule has 6 N–H and O–H groups in total. The Morgan fingerprint density at radius 1 is 1.00 bits per heavy atom. The van der Waals surface area contributed by atoms with Crippen molar-refractivity contribution in [2.45, 2.75) is 24.5 Å². The highest BCUT2D eigenvalue weighted by molar-refractivity contribution is 6.25. The lowest BCUT2D eigenvalue weighted by Crippen LogP contribution is -2.63. The molecule has 0 aromatic heterocycles. The number of phenolic OH excluding ortho intramolecular Hbond substituents is 1. The molecule has 1 amide bonds. The Morgan fingerprint density at radius 2 is 1.70 bits per heavy atom. The standard InChI is InChI=1S/C31H28N2O7/c1-33(2)24-20-13-18-11-17-10-16-9-8-15(14-6-4-3-5-7-14)12-19(16)25(34)21(17)26(35)22(18)28(37)31(20,40)29(38)23(27(24)36)30(32)39/h3-10,12,18,20,24,34,36-37,40H,11,13H2,1-2H3,(H2,32,39)/t18-,20-,24-,31-/m0/s1. The second kappa shape index (κ2) is 8.77. The smallest absolute Gasteiger partial charge is 0.255 e. The monoisotopic (exact) mass is 540 g/mol. The van der Waals surface area contributed by atoms with Crippen molar-refractivity contribution in [2.75, 3.05) is 14.1 Å². The highest BCUT2D eigenvalue weighted by Gasteiger charge is 2.63. The summed E-state index contributed by atoms with van der Waals surface area (Å²) in [5.41, 5.74) is 4.08. The molecule has 9 heteroatoms. The molecule has 0 spiro atoms. The number of primary amides is 1. The number of carbonyl (C=O) groups is 3. The summed E-state index contributed by atoms with van der Waals surface area (Å²) in [5, 5.41) is 46.6. The minimum absolute atomic E-state index is 0.00139. The molecule has 0 bridgehead atoms. The molecule has 204 valence electrons. The number of nitrogens with two attached hydrogens (primary N) is 1. The number of ketones is 2. The van der Waals surface area contributed by atoms with Crippen LogP contribution in [-0.4, -0.2) is 68.5 Å². The van der Waals surface area contributed by atoms with E-state index < -0.39 is 58.0 Å². The largest absolute Gasteiger partial charge is 0.510 e. The first-order valence-corrected chi connectivity index (χ1v) is 13.0. The van der Waals surface area contributed by atoms with Gasteiger partial charge in [0.25, 0.3) is 5.91 Å². The van der Waals surface area contributed by atoms with Crippen LogP contribution in [0.1, 0.15) is 22.3 Å². The lowest BCUT2D eigenvalue weighted by Gasteiger charge is -2.50. The number of phenols is 1. The molecule has 3 aliphatic rings. The van der Waals surface area contributed by atoms with Crippen molar-refractivity contribution in [3.05, 3.63) is 88.4 Å². The Morgan fingerprint density at radius 3 is 2.35 bits per heavy atom. The van der Waals surface area contributed by atoms with E-state index in [9.17, 15) is 34.8 Å². The number of aromatic hydroxyl groups is 1. The normalized spacial score (nSPS) is 26.1. The van der Waals surface area contributed by atoms with Crippen molar-refractivity contribution >= 4 is 28.2 Å². The lowest BCUT2D eigenvalue weighted by atomic mass is 9.58. The van der Waals surface area contributed by atoms with Crippen LogP contribution in [0.4, 0.5) is 0 Å². The molecule has 0 saturated heterocycles. The van der Waals surface area contributed by atoms with Crippen molar-refractivity contribution in [2.24, 2.45) is 17.6 Å². The summed E-state index contributed by atoms with van der Waals surface area (Å²) in [6.45, 7) is 0. The van der Waals surface area contributed by atoms with E-state index in [4.69, 9.17) is 5.73 Å². The molecule has 0 heterocycles. The van der Waals surface area contributed by atoms with Crippen LogP contribution in [0, 0.1) is 11.8 Å². The second-order valence-electron chi connectivity index (χ2n) is 11.0. The van der Waals surface area contributed by atoms with Gasteiger partial charge in [0.05, 0.1) is 11.6 Å². The van der Waals surface area contributed by atoms with E-state index in [0.717, 1.165) is 16.5 Å². The van der Waals surface area contributed by atoms with E-state index in [0.29, 0.717) is 10.9 Å². The predicted molar refractivity (Wildman–Crippen MR) is 147 cm³/mol. The highest BCUT2D eigenvalue weighted by Crippen LogP contribution is 2.52. The molecule has 4 atom stereocenters. The van der Waals surface area contributed by atoms with Gasteiger partial charge in [0, 0.05) is 16.9 Å². The zero-order valence-electron chi connectivity index (χ0n) is 21.9. The lowest BCUT2D eigenvalue weighted by molar-refractivity contribution is -0.148. The first kappa shape index (κ1) is 25.8. The summed E-state index contributed by atoms with van der Waals surface area (Å²) in [6, 6.07) is 16.0. The minimum atomic E-state index is -2.66. The van der Waals surface area contributed by atoms with E-state index in [1.165, 1.54) is 4.90 Å². The fourth-order valence-corrected chi connectivity index (χ4v) is 6.83. The Bertz CT molecular complexity index is 1710. The van der Waals surface area contributed by atoms with Crippen molar-refractivity contribution in [1.82, 2.24) is 4.90 Å². The van der Waals surface area contributed by atoms with Crippen molar-refractivity contribution < 1.29 is 34.8 Å². The van der Waals surface area contributed by atoms with E-state index in [1.807, 2.05) is 48.5 Å². The van der Waals surface area contributed by atoms with Gasteiger partial charge in [-0.15, -0.1) is 0 Å². The quantitative estimate of drug-likeness (QED) is 0.317. The third-order valence-electron chi connectivity index (χ3n) is 8.63. The predicted octanol–water partition coefficient (Wildman–Crippen LogP) is 2.94. The Hall–Kier alpha value is -4.47. The van der Waals surface area contributed by atoms with Gasteiger partial charge >= 0.3 is 0 Å². The number of Topliss-reactive ketones (excluding diaryl/α,β-unsaturated/α-hetero) is 2. The van der Waals surface area contributed by atoms with Crippen LogP contribution in [0.2, 0.25) is 0 Å². The Labute approximate surface area is 229 Å². The van der Waals surface area contributed by atoms with Gasteiger partial charge in [0.1, 0.15) is 22.8 Å². The molecule has 3 aromatic carbocycles. The zero-order chi connectivity index (χ0) is 28.7. The van der Waals surface area contributed by atoms with Crippen molar-refractivity contribution in [1.29, 1.82) is 0 Å². The van der Waals surface area contributed by atoms with Crippen LogP contribution in [0.15, 0.2) is 77.3 Å². The summed E-state index contributed by atoms with van der Waals surface area (Å²) < 4.78 is 0. The number of likely N-dealkylation sites (N-methyl/N-ethyl adjacent to an activating group) is 1. The SMILES string of the molecule is CN(C)[C@@H]1C(O)=C(C(N)=O)C(=O)[C@@]2(O)C(O)=C3C(=O)c4c(cc5ccc(-c6ccccc6)cc5c4O)C[C@H]3C[C@@H]12. The molecule has 0 saturated carbocycles. The molecule has 9 nitrogen and oxygen atoms in total. The van der Waals surface area contributed by atoms with Gasteiger partial charge in [-0.05, 0) is 61.0 Å². The number of amides is 1. The van der Waals surface area contributed by atoms with E-state index in [1.54, 1.807) is 20.2 Å². The molecule has 6 rings (SSSR count). The fourth-order valence-electron chi connectivity index (χ4n) is 6.83. The number of hydrogen-bond acceptors (Lipinski definition) is 8. The molecule has 3 aliphatic carbocycles. The maximum atomic E-state index is 13.9. The van der Waals surface area contributed by atoms with Crippen molar-refractivity contribution in [3.63, 3.8) is 0 Å². The molecular weight excluding hydrogens is 512 g/mol. The third kappa shape index (κ3) is 3.38. The summed E-state index contributed by atoms with van der Waals surface area (Å²) in [5.74, 6) is -6.57. The van der Waals surface area contributed by atoms with Crippen LogP contribution in [-0.2, 0) is 16.0 Å². The van der Waals surface area contributed by atoms with Gasteiger partial charge in [-0.2, -0.15) is 0 Å². The molecule has 0 aliphatic heterocycles. The average molecular weight is 541 g/mol. The Kier molecular flexibility index (Phi) is 5.65. The zero-order valence-corrected chi connectivity index (χ0v) is 21.9. The molecule has 3 aromatic rings. The number of rotatable bonds is 3. The van der Waals surface area contributed by atoms with E-state index >= 15 is 0 Å². The van der Waals surface area contributed by atoms with Crippen LogP contribution in [0.5, 0.6) is 5.75 Å². The maximum absolute atomic E-state index is 13.9. The van der Waals surface area contributed by atoms with Gasteiger partial charge in [0.2, 0.25) is 5.78 Å².